The van der Waals surface area contributed by atoms with Crippen molar-refractivity contribution in [2.45, 2.75) is 43.4 Å². The Morgan fingerprint density at radius 1 is 1.08 bits per heavy atom. The number of benzene rings is 1. The van der Waals surface area contributed by atoms with E-state index in [0.717, 1.165) is 21.8 Å². The van der Waals surface area contributed by atoms with Crippen molar-refractivity contribution in [3.8, 4) is 10.6 Å². The number of thiazole rings is 1. The Labute approximate surface area is 163 Å². The van der Waals surface area contributed by atoms with Gasteiger partial charge < -0.3 is 0 Å². The first-order valence-electron chi connectivity index (χ1n) is 8.29. The number of aromatic nitrogens is 1. The summed E-state index contributed by atoms with van der Waals surface area (Å²) in [5.74, 6) is 0. The van der Waals surface area contributed by atoms with Crippen molar-refractivity contribution in [1.29, 1.82) is 0 Å². The molecule has 3 rings (SSSR count). The SMILES string of the molecule is CC(NS(=O)(=O)c1cc(-c2nc(C(C)(C)C)cs2)cs1)c1ccccc1. The number of hydrogen-bond donors (Lipinski definition) is 1. The quantitative estimate of drug-likeness (QED) is 0.633. The van der Waals surface area contributed by atoms with Crippen LogP contribution in [0.5, 0.6) is 0 Å². The van der Waals surface area contributed by atoms with Crippen molar-refractivity contribution >= 4 is 32.7 Å². The van der Waals surface area contributed by atoms with E-state index in [0.29, 0.717) is 4.21 Å². The molecular weight excluding hydrogens is 384 g/mol. The molecule has 0 spiro atoms. The van der Waals surface area contributed by atoms with Gasteiger partial charge in [0.2, 0.25) is 0 Å². The molecule has 3 aromatic rings. The number of rotatable bonds is 5. The zero-order chi connectivity index (χ0) is 18.9. The molecule has 0 aliphatic heterocycles. The highest BCUT2D eigenvalue weighted by Crippen LogP contribution is 2.33. The fraction of sp³-hybridized carbons (Fsp3) is 0.316. The number of thiophene rings is 1. The molecule has 1 N–H and O–H groups in total. The molecule has 2 heterocycles. The van der Waals surface area contributed by atoms with Crippen LogP contribution in [0.15, 0.2) is 51.4 Å². The van der Waals surface area contributed by atoms with Crippen LogP contribution in [-0.4, -0.2) is 13.4 Å². The van der Waals surface area contributed by atoms with Crippen LogP contribution in [0.3, 0.4) is 0 Å². The van der Waals surface area contributed by atoms with E-state index in [1.165, 1.54) is 11.3 Å². The Kier molecular flexibility index (Phi) is 5.35. The maximum atomic E-state index is 12.7. The molecule has 1 aromatic carbocycles. The molecule has 138 valence electrons. The molecule has 0 amide bonds. The Morgan fingerprint density at radius 2 is 1.77 bits per heavy atom. The first-order valence-corrected chi connectivity index (χ1v) is 11.5. The maximum absolute atomic E-state index is 12.7. The Balaban J connectivity index is 1.81. The van der Waals surface area contributed by atoms with Crippen LogP contribution >= 0.6 is 22.7 Å². The summed E-state index contributed by atoms with van der Waals surface area (Å²) in [6.45, 7) is 8.19. The van der Waals surface area contributed by atoms with Crippen molar-refractivity contribution in [2.75, 3.05) is 0 Å². The first kappa shape index (κ1) is 19.2. The van der Waals surface area contributed by atoms with E-state index in [2.05, 4.69) is 30.5 Å². The van der Waals surface area contributed by atoms with E-state index in [9.17, 15) is 8.42 Å². The molecule has 0 radical (unpaired) electrons. The summed E-state index contributed by atoms with van der Waals surface area (Å²) in [4.78, 5) is 4.67. The van der Waals surface area contributed by atoms with E-state index >= 15 is 0 Å². The second kappa shape index (κ2) is 7.23. The highest BCUT2D eigenvalue weighted by atomic mass is 32.2. The van der Waals surface area contributed by atoms with Crippen LogP contribution < -0.4 is 4.72 Å². The zero-order valence-electron chi connectivity index (χ0n) is 15.2. The average Bonchev–Trinajstić information content (AvgIpc) is 3.24. The molecule has 26 heavy (non-hydrogen) atoms. The second-order valence-electron chi connectivity index (χ2n) is 7.20. The molecule has 4 nitrogen and oxygen atoms in total. The molecule has 1 atom stereocenters. The lowest BCUT2D eigenvalue weighted by Gasteiger charge is -2.14. The van der Waals surface area contributed by atoms with Gasteiger partial charge in [0.25, 0.3) is 10.0 Å². The number of nitrogens with zero attached hydrogens (tertiary/aromatic N) is 1. The van der Waals surface area contributed by atoms with Gasteiger partial charge >= 0.3 is 0 Å². The van der Waals surface area contributed by atoms with Gasteiger partial charge in [-0.2, -0.15) is 0 Å². The third kappa shape index (κ3) is 4.23. The maximum Gasteiger partial charge on any atom is 0.250 e. The molecule has 1 unspecified atom stereocenters. The predicted octanol–water partition coefficient (Wildman–Crippen LogP) is 5.21. The average molecular weight is 407 g/mol. The first-order chi connectivity index (χ1) is 12.2. The van der Waals surface area contributed by atoms with Crippen LogP contribution in [0.2, 0.25) is 0 Å². The molecule has 7 heteroatoms. The van der Waals surface area contributed by atoms with Gasteiger partial charge in [-0.15, -0.1) is 22.7 Å². The summed E-state index contributed by atoms with van der Waals surface area (Å²) in [6, 6.07) is 11.0. The Bertz CT molecular complexity index is 983. The van der Waals surface area contributed by atoms with Gasteiger partial charge in [-0.3, -0.25) is 0 Å². The normalized spacial score (nSPS) is 13.7. The minimum Gasteiger partial charge on any atom is -0.241 e. The third-order valence-electron chi connectivity index (χ3n) is 3.99. The number of nitrogens with one attached hydrogen (secondary N) is 1. The Hall–Kier alpha value is -1.54. The molecule has 0 saturated heterocycles. The summed E-state index contributed by atoms with van der Waals surface area (Å²) >= 11 is 2.77. The lowest BCUT2D eigenvalue weighted by Crippen LogP contribution is -2.26. The molecule has 0 aliphatic carbocycles. The fourth-order valence-corrected chi connectivity index (χ4v) is 5.94. The second-order valence-corrected chi connectivity index (χ2v) is 10.9. The zero-order valence-corrected chi connectivity index (χ0v) is 17.6. The summed E-state index contributed by atoms with van der Waals surface area (Å²) < 4.78 is 28.5. The lowest BCUT2D eigenvalue weighted by atomic mass is 9.93. The standard InChI is InChI=1S/C19H22N2O2S3/c1-13(14-8-6-5-7-9-14)21-26(22,23)17-10-15(11-24-17)18-20-16(12-25-18)19(2,3)4/h5-13,21H,1-4H3. The van der Waals surface area contributed by atoms with Gasteiger partial charge in [-0.25, -0.2) is 18.1 Å². The van der Waals surface area contributed by atoms with Crippen LogP contribution in [0.1, 0.15) is 45.0 Å². The minimum absolute atomic E-state index is 0.0215. The van der Waals surface area contributed by atoms with E-state index in [4.69, 9.17) is 0 Å². The minimum atomic E-state index is -3.57. The van der Waals surface area contributed by atoms with Gasteiger partial charge in [0, 0.05) is 27.8 Å². The molecule has 2 aromatic heterocycles. The topological polar surface area (TPSA) is 59.1 Å². The van der Waals surface area contributed by atoms with Crippen LogP contribution in [0.25, 0.3) is 10.6 Å². The van der Waals surface area contributed by atoms with Gasteiger partial charge in [-0.05, 0) is 18.6 Å². The number of sulfonamides is 1. The smallest absolute Gasteiger partial charge is 0.241 e. The summed E-state index contributed by atoms with van der Waals surface area (Å²) in [5.41, 5.74) is 2.78. The summed E-state index contributed by atoms with van der Waals surface area (Å²) in [6.07, 6.45) is 0. The van der Waals surface area contributed by atoms with Crippen molar-refractivity contribution in [3.05, 3.63) is 58.4 Å². The Morgan fingerprint density at radius 3 is 2.38 bits per heavy atom. The van der Waals surface area contributed by atoms with E-state index < -0.39 is 10.0 Å². The molecule has 0 fully saturated rings. The largest absolute Gasteiger partial charge is 0.250 e. The van der Waals surface area contributed by atoms with Gasteiger partial charge in [0.15, 0.2) is 0 Å². The highest BCUT2D eigenvalue weighted by Gasteiger charge is 2.22. The molecule has 0 bridgehead atoms. The van der Waals surface area contributed by atoms with E-state index in [1.807, 2.05) is 48.0 Å². The van der Waals surface area contributed by atoms with Gasteiger partial charge in [0.1, 0.15) is 9.22 Å². The predicted molar refractivity (Wildman–Crippen MR) is 109 cm³/mol. The van der Waals surface area contributed by atoms with Crippen molar-refractivity contribution in [2.24, 2.45) is 0 Å². The van der Waals surface area contributed by atoms with E-state index in [-0.39, 0.29) is 11.5 Å². The fourth-order valence-electron chi connectivity index (χ4n) is 2.42. The van der Waals surface area contributed by atoms with Gasteiger partial charge in [0.05, 0.1) is 5.69 Å². The van der Waals surface area contributed by atoms with Crippen LogP contribution in [-0.2, 0) is 15.4 Å². The van der Waals surface area contributed by atoms with Crippen molar-refractivity contribution < 1.29 is 8.42 Å². The highest BCUT2D eigenvalue weighted by molar-refractivity contribution is 7.91. The van der Waals surface area contributed by atoms with E-state index in [1.54, 1.807) is 17.4 Å². The molecule has 0 aliphatic rings. The van der Waals surface area contributed by atoms with Crippen LogP contribution in [0.4, 0.5) is 0 Å². The van der Waals surface area contributed by atoms with Gasteiger partial charge in [-0.1, -0.05) is 51.1 Å². The summed E-state index contributed by atoms with van der Waals surface area (Å²) in [7, 11) is -3.57. The third-order valence-corrected chi connectivity index (χ3v) is 7.86. The van der Waals surface area contributed by atoms with Crippen LogP contribution in [0, 0.1) is 0 Å². The summed E-state index contributed by atoms with van der Waals surface area (Å²) in [5, 5.41) is 4.74. The molecule has 0 saturated carbocycles. The van der Waals surface area contributed by atoms with Crippen molar-refractivity contribution in [3.63, 3.8) is 0 Å². The lowest BCUT2D eigenvalue weighted by molar-refractivity contribution is 0.569. The monoisotopic (exact) mass is 406 g/mol. The number of hydrogen-bond acceptors (Lipinski definition) is 5. The molecular formula is C19H22N2O2S3. The van der Waals surface area contributed by atoms with Crippen molar-refractivity contribution in [1.82, 2.24) is 9.71 Å².